The van der Waals surface area contributed by atoms with Crippen molar-refractivity contribution in [2.24, 2.45) is 0 Å². The average molecular weight is 288 g/mol. The summed E-state index contributed by atoms with van der Waals surface area (Å²) in [6.45, 7) is 11.0. The van der Waals surface area contributed by atoms with Gasteiger partial charge in [0.15, 0.2) is 0 Å². The van der Waals surface area contributed by atoms with Crippen LogP contribution in [-0.4, -0.2) is 12.6 Å². The summed E-state index contributed by atoms with van der Waals surface area (Å²) in [6, 6.07) is 8.53. The number of rotatable bonds is 6. The minimum Gasteiger partial charge on any atom is -0.463 e. The van der Waals surface area contributed by atoms with Crippen molar-refractivity contribution in [2.75, 3.05) is 6.61 Å². The molecule has 1 aromatic carbocycles. The van der Waals surface area contributed by atoms with E-state index in [9.17, 15) is 4.79 Å². The molecule has 0 radical (unpaired) electrons. The lowest BCUT2D eigenvalue weighted by atomic mass is 9.86. The van der Waals surface area contributed by atoms with Gasteiger partial charge in [-0.25, -0.2) is 4.79 Å². The first kappa shape index (κ1) is 17.5. The Labute approximate surface area is 129 Å². The third-order valence-corrected chi connectivity index (χ3v) is 3.50. The van der Waals surface area contributed by atoms with Gasteiger partial charge in [-0.15, -0.1) is 0 Å². The molecule has 0 saturated heterocycles. The van der Waals surface area contributed by atoms with Crippen molar-refractivity contribution in [3.05, 3.63) is 41.5 Å². The Bertz CT molecular complexity index is 475. The quantitative estimate of drug-likeness (QED) is 0.536. The van der Waals surface area contributed by atoms with Crippen LogP contribution in [-0.2, 0) is 14.9 Å². The van der Waals surface area contributed by atoms with Gasteiger partial charge in [-0.05, 0) is 41.9 Å². The van der Waals surface area contributed by atoms with Gasteiger partial charge in [0.2, 0.25) is 0 Å². The molecule has 1 rings (SSSR count). The SMILES string of the molecule is CCCC/C(=C\C(=O)OCC)c1ccc(C(C)(C)C)cc1. The number of hydrogen-bond donors (Lipinski definition) is 0. The molecule has 116 valence electrons. The zero-order valence-electron chi connectivity index (χ0n) is 14.0. The van der Waals surface area contributed by atoms with E-state index in [1.54, 1.807) is 6.08 Å². The highest BCUT2D eigenvalue weighted by molar-refractivity contribution is 5.91. The number of hydrogen-bond acceptors (Lipinski definition) is 2. The van der Waals surface area contributed by atoms with Crippen LogP contribution in [0.2, 0.25) is 0 Å². The van der Waals surface area contributed by atoms with Crippen molar-refractivity contribution in [3.8, 4) is 0 Å². The van der Waals surface area contributed by atoms with Gasteiger partial charge in [-0.3, -0.25) is 0 Å². The molecule has 0 fully saturated rings. The molecular weight excluding hydrogens is 260 g/mol. The molecule has 2 heteroatoms. The fraction of sp³-hybridized carbons (Fsp3) is 0.526. The van der Waals surface area contributed by atoms with E-state index in [4.69, 9.17) is 4.74 Å². The van der Waals surface area contributed by atoms with E-state index in [1.165, 1.54) is 5.56 Å². The second-order valence-electron chi connectivity index (χ2n) is 6.35. The van der Waals surface area contributed by atoms with Gasteiger partial charge in [-0.1, -0.05) is 58.4 Å². The third-order valence-electron chi connectivity index (χ3n) is 3.50. The summed E-state index contributed by atoms with van der Waals surface area (Å²) in [5, 5.41) is 0. The summed E-state index contributed by atoms with van der Waals surface area (Å²) in [5.41, 5.74) is 3.63. The molecule has 0 heterocycles. The predicted molar refractivity (Wildman–Crippen MR) is 89.3 cm³/mol. The molecule has 0 aliphatic carbocycles. The Morgan fingerprint density at radius 2 is 1.76 bits per heavy atom. The van der Waals surface area contributed by atoms with Gasteiger partial charge >= 0.3 is 5.97 Å². The summed E-state index contributed by atoms with van der Waals surface area (Å²) < 4.78 is 5.04. The van der Waals surface area contributed by atoms with Gasteiger partial charge in [0, 0.05) is 6.08 Å². The summed E-state index contributed by atoms with van der Waals surface area (Å²) in [6.07, 6.45) is 4.74. The summed E-state index contributed by atoms with van der Waals surface area (Å²) in [4.78, 5) is 11.7. The maximum absolute atomic E-state index is 11.7. The Morgan fingerprint density at radius 1 is 1.14 bits per heavy atom. The van der Waals surface area contributed by atoms with Crippen molar-refractivity contribution < 1.29 is 9.53 Å². The molecule has 0 saturated carbocycles. The minimum atomic E-state index is -0.247. The van der Waals surface area contributed by atoms with E-state index >= 15 is 0 Å². The van der Waals surface area contributed by atoms with Gasteiger partial charge in [0.05, 0.1) is 6.61 Å². The molecule has 0 amide bonds. The zero-order chi connectivity index (χ0) is 15.9. The first-order valence-electron chi connectivity index (χ1n) is 7.86. The molecule has 0 aliphatic rings. The Morgan fingerprint density at radius 3 is 2.24 bits per heavy atom. The van der Waals surface area contributed by atoms with Crippen LogP contribution in [0.4, 0.5) is 0 Å². The molecule has 0 N–H and O–H groups in total. The van der Waals surface area contributed by atoms with Crippen LogP contribution in [0.15, 0.2) is 30.3 Å². The lowest BCUT2D eigenvalue weighted by Gasteiger charge is -2.19. The highest BCUT2D eigenvalue weighted by Crippen LogP contribution is 2.26. The monoisotopic (exact) mass is 288 g/mol. The van der Waals surface area contributed by atoms with Crippen molar-refractivity contribution >= 4 is 11.5 Å². The Kier molecular flexibility index (Phi) is 6.67. The smallest absolute Gasteiger partial charge is 0.331 e. The fourth-order valence-corrected chi connectivity index (χ4v) is 2.18. The lowest BCUT2D eigenvalue weighted by Crippen LogP contribution is -2.10. The Balaban J connectivity index is 3.00. The van der Waals surface area contributed by atoms with Gasteiger partial charge < -0.3 is 4.74 Å². The van der Waals surface area contributed by atoms with Gasteiger partial charge in [0.1, 0.15) is 0 Å². The first-order chi connectivity index (χ1) is 9.88. The van der Waals surface area contributed by atoms with E-state index in [2.05, 4.69) is 52.0 Å². The molecule has 0 bridgehead atoms. The summed E-state index contributed by atoms with van der Waals surface area (Å²) >= 11 is 0. The molecule has 0 aliphatic heterocycles. The summed E-state index contributed by atoms with van der Waals surface area (Å²) in [5.74, 6) is -0.247. The maximum Gasteiger partial charge on any atom is 0.331 e. The molecule has 0 aromatic heterocycles. The zero-order valence-corrected chi connectivity index (χ0v) is 14.0. The minimum absolute atomic E-state index is 0.146. The number of allylic oxidation sites excluding steroid dienone is 1. The van der Waals surface area contributed by atoms with Crippen LogP contribution < -0.4 is 0 Å². The maximum atomic E-state index is 11.7. The van der Waals surface area contributed by atoms with E-state index in [0.717, 1.165) is 30.4 Å². The van der Waals surface area contributed by atoms with Crippen LogP contribution in [0.3, 0.4) is 0 Å². The Hall–Kier alpha value is -1.57. The van der Waals surface area contributed by atoms with E-state index in [1.807, 2.05) is 6.92 Å². The van der Waals surface area contributed by atoms with Crippen molar-refractivity contribution in [1.82, 2.24) is 0 Å². The third kappa shape index (κ3) is 5.74. The topological polar surface area (TPSA) is 26.3 Å². The molecular formula is C19H28O2. The van der Waals surface area contributed by atoms with Crippen molar-refractivity contribution in [3.63, 3.8) is 0 Å². The van der Waals surface area contributed by atoms with Crippen LogP contribution in [0.25, 0.3) is 5.57 Å². The number of carbonyl (C=O) groups excluding carboxylic acids is 1. The molecule has 0 spiro atoms. The number of unbranched alkanes of at least 4 members (excludes halogenated alkanes) is 1. The number of ether oxygens (including phenoxy) is 1. The lowest BCUT2D eigenvalue weighted by molar-refractivity contribution is -0.137. The fourth-order valence-electron chi connectivity index (χ4n) is 2.18. The van der Waals surface area contributed by atoms with Gasteiger partial charge in [0.25, 0.3) is 0 Å². The molecule has 0 atom stereocenters. The normalized spacial score (nSPS) is 12.3. The van der Waals surface area contributed by atoms with Crippen molar-refractivity contribution in [1.29, 1.82) is 0 Å². The largest absolute Gasteiger partial charge is 0.463 e. The second kappa shape index (κ2) is 8.02. The van der Waals surface area contributed by atoms with Crippen LogP contribution >= 0.6 is 0 Å². The average Bonchev–Trinajstić information content (AvgIpc) is 2.43. The standard InChI is InChI=1S/C19H28O2/c1-6-8-9-16(14-18(20)21-7-2)15-10-12-17(13-11-15)19(3,4)5/h10-14H,6-9H2,1-5H3/b16-14+. The van der Waals surface area contributed by atoms with Crippen molar-refractivity contribution in [2.45, 2.75) is 59.3 Å². The van der Waals surface area contributed by atoms with Crippen LogP contribution in [0, 0.1) is 0 Å². The number of benzene rings is 1. The summed E-state index contributed by atoms with van der Waals surface area (Å²) in [7, 11) is 0. The first-order valence-corrected chi connectivity index (χ1v) is 7.86. The number of carbonyl (C=O) groups is 1. The van der Waals surface area contributed by atoms with Crippen LogP contribution in [0.1, 0.15) is 65.0 Å². The van der Waals surface area contributed by atoms with E-state index < -0.39 is 0 Å². The molecule has 2 nitrogen and oxygen atoms in total. The van der Waals surface area contributed by atoms with E-state index in [0.29, 0.717) is 6.61 Å². The van der Waals surface area contributed by atoms with E-state index in [-0.39, 0.29) is 11.4 Å². The predicted octanol–water partition coefficient (Wildman–Crippen LogP) is 5.12. The van der Waals surface area contributed by atoms with Crippen LogP contribution in [0.5, 0.6) is 0 Å². The molecule has 1 aromatic rings. The molecule has 0 unspecified atom stereocenters. The highest BCUT2D eigenvalue weighted by Gasteiger charge is 2.13. The molecule has 21 heavy (non-hydrogen) atoms. The highest BCUT2D eigenvalue weighted by atomic mass is 16.5. The second-order valence-corrected chi connectivity index (χ2v) is 6.35. The number of esters is 1. The van der Waals surface area contributed by atoms with Gasteiger partial charge in [-0.2, -0.15) is 0 Å².